The number of nitrogens with two attached hydrogens (primary N) is 1. The van der Waals surface area contributed by atoms with Gasteiger partial charge in [-0.1, -0.05) is 0 Å². The van der Waals surface area contributed by atoms with Crippen molar-refractivity contribution in [3.05, 3.63) is 29.6 Å². The van der Waals surface area contributed by atoms with Gasteiger partial charge in [0, 0.05) is 18.0 Å². The first-order chi connectivity index (χ1) is 7.15. The zero-order chi connectivity index (χ0) is 11.3. The monoisotopic (exact) mass is 228 g/mol. The fraction of sp³-hybridized carbons (Fsp3) is 0.300. The molecule has 0 heterocycles. The van der Waals surface area contributed by atoms with E-state index in [-0.39, 0.29) is 11.6 Å². The minimum absolute atomic E-state index is 0.164. The zero-order valence-electron chi connectivity index (χ0n) is 8.42. The predicted octanol–water partition coefficient (Wildman–Crippen LogP) is 1.50. The highest BCUT2D eigenvalue weighted by molar-refractivity contribution is 7.98. The van der Waals surface area contributed by atoms with Gasteiger partial charge in [-0.25, -0.2) is 4.39 Å². The quantitative estimate of drug-likeness (QED) is 0.606. The summed E-state index contributed by atoms with van der Waals surface area (Å²) in [6.07, 6.45) is 1.96. The molecule has 0 aliphatic rings. The molecule has 3 N–H and O–H groups in total. The van der Waals surface area contributed by atoms with Crippen LogP contribution in [0.2, 0.25) is 0 Å². The SMILES string of the molecule is CSCCNC(=O)c1ccc(F)cc1N. The van der Waals surface area contributed by atoms with Gasteiger partial charge in [0.2, 0.25) is 0 Å². The number of nitrogen functional groups attached to an aromatic ring is 1. The second-order valence-electron chi connectivity index (χ2n) is 2.98. The molecule has 0 aliphatic carbocycles. The van der Waals surface area contributed by atoms with E-state index in [2.05, 4.69) is 5.32 Å². The summed E-state index contributed by atoms with van der Waals surface area (Å²) in [5.74, 6) is 0.141. The molecule has 1 rings (SSSR count). The number of nitrogens with one attached hydrogen (secondary N) is 1. The molecule has 0 radical (unpaired) electrons. The lowest BCUT2D eigenvalue weighted by Gasteiger charge is -2.06. The van der Waals surface area contributed by atoms with Crippen LogP contribution in [0.1, 0.15) is 10.4 Å². The van der Waals surface area contributed by atoms with Crippen molar-refractivity contribution in [3.8, 4) is 0 Å². The maximum Gasteiger partial charge on any atom is 0.253 e. The van der Waals surface area contributed by atoms with Crippen molar-refractivity contribution >= 4 is 23.4 Å². The Morgan fingerprint density at radius 3 is 2.93 bits per heavy atom. The fourth-order valence-electron chi connectivity index (χ4n) is 1.10. The van der Waals surface area contributed by atoms with E-state index in [9.17, 15) is 9.18 Å². The topological polar surface area (TPSA) is 55.1 Å². The molecule has 0 saturated carbocycles. The maximum absolute atomic E-state index is 12.7. The molecule has 0 saturated heterocycles. The molecule has 82 valence electrons. The van der Waals surface area contributed by atoms with Crippen molar-refractivity contribution in [3.63, 3.8) is 0 Å². The maximum atomic E-state index is 12.7. The van der Waals surface area contributed by atoms with Crippen LogP contribution in [0.4, 0.5) is 10.1 Å². The van der Waals surface area contributed by atoms with E-state index < -0.39 is 5.82 Å². The van der Waals surface area contributed by atoms with Crippen LogP contribution in [0.3, 0.4) is 0 Å². The summed E-state index contributed by atoms with van der Waals surface area (Å²) in [7, 11) is 0. The number of carbonyl (C=O) groups is 1. The molecule has 1 amide bonds. The van der Waals surface area contributed by atoms with Gasteiger partial charge in [0.1, 0.15) is 5.82 Å². The molecule has 0 bridgehead atoms. The largest absolute Gasteiger partial charge is 0.398 e. The van der Waals surface area contributed by atoms with Gasteiger partial charge >= 0.3 is 0 Å². The third-order valence-electron chi connectivity index (χ3n) is 1.85. The molecule has 0 atom stereocenters. The van der Waals surface area contributed by atoms with Gasteiger partial charge in [-0.3, -0.25) is 4.79 Å². The number of hydrogen-bond acceptors (Lipinski definition) is 3. The summed E-state index contributed by atoms with van der Waals surface area (Å²) in [5.41, 5.74) is 6.00. The van der Waals surface area contributed by atoms with Gasteiger partial charge in [-0.2, -0.15) is 11.8 Å². The average molecular weight is 228 g/mol. The summed E-state index contributed by atoms with van der Waals surface area (Å²) >= 11 is 1.64. The van der Waals surface area contributed by atoms with E-state index in [1.807, 2.05) is 6.26 Å². The van der Waals surface area contributed by atoms with Gasteiger partial charge in [0.25, 0.3) is 5.91 Å². The minimum Gasteiger partial charge on any atom is -0.398 e. The number of halogens is 1. The highest BCUT2D eigenvalue weighted by atomic mass is 32.2. The summed E-state index contributed by atoms with van der Waals surface area (Å²) in [5, 5.41) is 2.70. The van der Waals surface area contributed by atoms with Gasteiger partial charge < -0.3 is 11.1 Å². The number of rotatable bonds is 4. The summed E-state index contributed by atoms with van der Waals surface area (Å²) in [6.45, 7) is 0.580. The second kappa shape index (κ2) is 5.60. The molecule has 1 aromatic rings. The minimum atomic E-state index is -0.437. The van der Waals surface area contributed by atoms with Crippen molar-refractivity contribution < 1.29 is 9.18 Å². The van der Waals surface area contributed by atoms with Crippen LogP contribution < -0.4 is 11.1 Å². The lowest BCUT2D eigenvalue weighted by Crippen LogP contribution is -2.26. The first-order valence-corrected chi connectivity index (χ1v) is 5.86. The number of hydrogen-bond donors (Lipinski definition) is 2. The van der Waals surface area contributed by atoms with Crippen LogP contribution in [0.5, 0.6) is 0 Å². The summed E-state index contributed by atoms with van der Waals surface area (Å²) in [6, 6.07) is 3.75. The normalized spacial score (nSPS) is 10.0. The lowest BCUT2D eigenvalue weighted by molar-refractivity contribution is 0.0957. The number of carbonyl (C=O) groups excluding carboxylic acids is 1. The average Bonchev–Trinajstić information content (AvgIpc) is 2.17. The Hall–Kier alpha value is -1.23. The third-order valence-corrected chi connectivity index (χ3v) is 2.46. The molecule has 0 fully saturated rings. The van der Waals surface area contributed by atoms with Crippen molar-refractivity contribution in [2.75, 3.05) is 24.3 Å². The molecule has 0 spiro atoms. The molecule has 0 unspecified atom stereocenters. The smallest absolute Gasteiger partial charge is 0.253 e. The van der Waals surface area contributed by atoms with E-state index in [0.29, 0.717) is 12.1 Å². The van der Waals surface area contributed by atoms with Crippen LogP contribution in [0.15, 0.2) is 18.2 Å². The third kappa shape index (κ3) is 3.43. The van der Waals surface area contributed by atoms with Crippen molar-refractivity contribution in [1.82, 2.24) is 5.32 Å². The van der Waals surface area contributed by atoms with Crippen LogP contribution in [0, 0.1) is 5.82 Å². The van der Waals surface area contributed by atoms with Gasteiger partial charge in [-0.05, 0) is 24.5 Å². The second-order valence-corrected chi connectivity index (χ2v) is 3.97. The first-order valence-electron chi connectivity index (χ1n) is 4.47. The van der Waals surface area contributed by atoms with E-state index in [0.717, 1.165) is 11.8 Å². The summed E-state index contributed by atoms with van der Waals surface area (Å²) < 4.78 is 12.7. The number of anilines is 1. The van der Waals surface area contributed by atoms with Gasteiger partial charge in [-0.15, -0.1) is 0 Å². The van der Waals surface area contributed by atoms with Crippen LogP contribution in [0.25, 0.3) is 0 Å². The summed E-state index contributed by atoms with van der Waals surface area (Å²) in [4.78, 5) is 11.5. The first kappa shape index (κ1) is 11.8. The lowest BCUT2D eigenvalue weighted by atomic mass is 10.1. The van der Waals surface area contributed by atoms with E-state index in [1.165, 1.54) is 12.1 Å². The molecular formula is C10H13FN2OS. The Morgan fingerprint density at radius 2 is 2.33 bits per heavy atom. The van der Waals surface area contributed by atoms with Crippen molar-refractivity contribution in [2.24, 2.45) is 0 Å². The van der Waals surface area contributed by atoms with Crippen LogP contribution in [-0.2, 0) is 0 Å². The van der Waals surface area contributed by atoms with Crippen LogP contribution >= 0.6 is 11.8 Å². The Balaban J connectivity index is 2.65. The predicted molar refractivity (Wildman–Crippen MR) is 61.5 cm³/mol. The van der Waals surface area contributed by atoms with Crippen molar-refractivity contribution in [2.45, 2.75) is 0 Å². The van der Waals surface area contributed by atoms with E-state index in [1.54, 1.807) is 11.8 Å². The standard InChI is InChI=1S/C10H13FN2OS/c1-15-5-4-13-10(14)8-3-2-7(11)6-9(8)12/h2-3,6H,4-5,12H2,1H3,(H,13,14). The van der Waals surface area contributed by atoms with Gasteiger partial charge in [0.05, 0.1) is 5.56 Å². The van der Waals surface area contributed by atoms with Gasteiger partial charge in [0.15, 0.2) is 0 Å². The molecule has 0 aliphatic heterocycles. The Kier molecular flexibility index (Phi) is 4.42. The Bertz CT molecular complexity index is 357. The number of amides is 1. The molecule has 1 aromatic carbocycles. The number of thioether (sulfide) groups is 1. The highest BCUT2D eigenvalue weighted by Gasteiger charge is 2.09. The molecule has 15 heavy (non-hydrogen) atoms. The Morgan fingerprint density at radius 1 is 1.60 bits per heavy atom. The molecular weight excluding hydrogens is 215 g/mol. The number of benzene rings is 1. The molecule has 3 nitrogen and oxygen atoms in total. The van der Waals surface area contributed by atoms with Crippen molar-refractivity contribution in [1.29, 1.82) is 0 Å². The van der Waals surface area contributed by atoms with E-state index in [4.69, 9.17) is 5.73 Å². The molecule has 5 heteroatoms. The zero-order valence-corrected chi connectivity index (χ0v) is 9.23. The van der Waals surface area contributed by atoms with Crippen LogP contribution in [-0.4, -0.2) is 24.5 Å². The fourth-order valence-corrected chi connectivity index (χ4v) is 1.41. The highest BCUT2D eigenvalue weighted by Crippen LogP contribution is 2.12. The molecule has 0 aromatic heterocycles. The van der Waals surface area contributed by atoms with E-state index >= 15 is 0 Å². The Labute approximate surface area is 92.2 Å².